The zero-order chi connectivity index (χ0) is 18.6. The standard InChI is InChI=1S/C21H34N2O2/c1-16(2)17-9-7-8-10-18(17)19-15-22(12-11-20(24)25-6)13-14-23(19)21(3,4)5/h7-10,16,19H,11-15H2,1-6H3. The van der Waals surface area contributed by atoms with Gasteiger partial charge in [0.1, 0.15) is 0 Å². The largest absolute Gasteiger partial charge is 0.469 e. The minimum Gasteiger partial charge on any atom is -0.469 e. The van der Waals surface area contributed by atoms with Gasteiger partial charge in [-0.1, -0.05) is 38.1 Å². The third-order valence-corrected chi connectivity index (χ3v) is 5.16. The first-order valence-electron chi connectivity index (χ1n) is 9.38. The van der Waals surface area contributed by atoms with E-state index in [1.165, 1.54) is 18.2 Å². The van der Waals surface area contributed by atoms with E-state index < -0.39 is 0 Å². The van der Waals surface area contributed by atoms with Gasteiger partial charge < -0.3 is 4.74 Å². The average Bonchev–Trinajstić information content (AvgIpc) is 2.58. The number of rotatable bonds is 5. The van der Waals surface area contributed by atoms with Crippen LogP contribution in [0.5, 0.6) is 0 Å². The van der Waals surface area contributed by atoms with E-state index in [-0.39, 0.29) is 11.5 Å². The summed E-state index contributed by atoms with van der Waals surface area (Å²) >= 11 is 0. The first-order valence-corrected chi connectivity index (χ1v) is 9.38. The van der Waals surface area contributed by atoms with E-state index in [9.17, 15) is 4.79 Å². The van der Waals surface area contributed by atoms with Crippen LogP contribution >= 0.6 is 0 Å². The van der Waals surface area contributed by atoms with E-state index in [1.54, 1.807) is 0 Å². The Balaban J connectivity index is 2.26. The Morgan fingerprint density at radius 2 is 1.92 bits per heavy atom. The molecule has 25 heavy (non-hydrogen) atoms. The van der Waals surface area contributed by atoms with Crippen molar-refractivity contribution in [2.45, 2.75) is 58.5 Å². The monoisotopic (exact) mass is 346 g/mol. The topological polar surface area (TPSA) is 32.8 Å². The minimum absolute atomic E-state index is 0.114. The van der Waals surface area contributed by atoms with Gasteiger partial charge in [-0.15, -0.1) is 0 Å². The molecule has 140 valence electrons. The highest BCUT2D eigenvalue weighted by Crippen LogP contribution is 2.35. The van der Waals surface area contributed by atoms with Crippen molar-refractivity contribution >= 4 is 5.97 Å². The molecule has 0 spiro atoms. The van der Waals surface area contributed by atoms with E-state index in [1.807, 2.05) is 0 Å². The number of esters is 1. The second-order valence-corrected chi connectivity index (χ2v) is 8.29. The van der Waals surface area contributed by atoms with E-state index in [0.717, 1.165) is 26.2 Å². The highest BCUT2D eigenvalue weighted by Gasteiger charge is 2.35. The number of hydrogen-bond acceptors (Lipinski definition) is 4. The maximum Gasteiger partial charge on any atom is 0.306 e. The van der Waals surface area contributed by atoms with Gasteiger partial charge in [0.25, 0.3) is 0 Å². The predicted molar refractivity (Wildman–Crippen MR) is 103 cm³/mol. The molecule has 0 N–H and O–H groups in total. The minimum atomic E-state index is -0.127. The fourth-order valence-electron chi connectivity index (χ4n) is 3.80. The summed E-state index contributed by atoms with van der Waals surface area (Å²) in [5.74, 6) is 0.376. The fourth-order valence-corrected chi connectivity index (χ4v) is 3.80. The van der Waals surface area contributed by atoms with Crippen LogP contribution in [0.4, 0.5) is 0 Å². The first kappa shape index (κ1) is 19.9. The van der Waals surface area contributed by atoms with E-state index in [2.05, 4.69) is 68.7 Å². The fraction of sp³-hybridized carbons (Fsp3) is 0.667. The van der Waals surface area contributed by atoms with E-state index in [4.69, 9.17) is 4.74 Å². The summed E-state index contributed by atoms with van der Waals surface area (Å²) in [4.78, 5) is 16.5. The van der Waals surface area contributed by atoms with Crippen molar-refractivity contribution < 1.29 is 9.53 Å². The van der Waals surface area contributed by atoms with Crippen molar-refractivity contribution in [2.75, 3.05) is 33.3 Å². The first-order chi connectivity index (χ1) is 11.7. The third-order valence-electron chi connectivity index (χ3n) is 5.16. The lowest BCUT2D eigenvalue weighted by atomic mass is 9.88. The van der Waals surface area contributed by atoms with Crippen molar-refractivity contribution in [1.82, 2.24) is 9.80 Å². The molecule has 1 aromatic carbocycles. The Hall–Kier alpha value is -1.39. The molecule has 0 bridgehead atoms. The molecule has 1 aliphatic heterocycles. The molecule has 1 aliphatic rings. The molecular formula is C21H34N2O2. The molecule has 0 aliphatic carbocycles. The van der Waals surface area contributed by atoms with Crippen molar-refractivity contribution in [3.05, 3.63) is 35.4 Å². The zero-order valence-electron chi connectivity index (χ0n) is 16.7. The van der Waals surface area contributed by atoms with Gasteiger partial charge in [0.15, 0.2) is 0 Å². The Morgan fingerprint density at radius 3 is 2.52 bits per heavy atom. The maximum atomic E-state index is 11.5. The number of carbonyl (C=O) groups excluding carboxylic acids is 1. The zero-order valence-corrected chi connectivity index (χ0v) is 16.7. The molecule has 0 saturated carbocycles. The normalized spacial score (nSPS) is 20.0. The van der Waals surface area contributed by atoms with Gasteiger partial charge in [0.05, 0.1) is 13.5 Å². The lowest BCUT2D eigenvalue weighted by molar-refractivity contribution is -0.141. The van der Waals surface area contributed by atoms with Crippen LogP contribution in [0, 0.1) is 0 Å². The summed E-state index contributed by atoms with van der Waals surface area (Å²) in [6.45, 7) is 15.1. The van der Waals surface area contributed by atoms with Gasteiger partial charge in [0, 0.05) is 37.8 Å². The number of methoxy groups -OCH3 is 1. The van der Waals surface area contributed by atoms with E-state index >= 15 is 0 Å². The summed E-state index contributed by atoms with van der Waals surface area (Å²) in [7, 11) is 1.46. The summed E-state index contributed by atoms with van der Waals surface area (Å²) < 4.78 is 4.80. The van der Waals surface area contributed by atoms with Crippen LogP contribution in [0.15, 0.2) is 24.3 Å². The Kier molecular flexibility index (Phi) is 6.64. The van der Waals surface area contributed by atoms with Crippen LogP contribution in [0.2, 0.25) is 0 Å². The van der Waals surface area contributed by atoms with Gasteiger partial charge in [-0.05, 0) is 37.8 Å². The lowest BCUT2D eigenvalue weighted by Crippen LogP contribution is -2.55. The average molecular weight is 347 g/mol. The molecule has 1 atom stereocenters. The summed E-state index contributed by atoms with van der Waals surface area (Å²) in [5.41, 5.74) is 2.97. The molecule has 0 radical (unpaired) electrons. The lowest BCUT2D eigenvalue weighted by Gasteiger charge is -2.48. The van der Waals surface area contributed by atoms with Gasteiger partial charge >= 0.3 is 5.97 Å². The molecule has 2 rings (SSSR count). The smallest absolute Gasteiger partial charge is 0.306 e. The highest BCUT2D eigenvalue weighted by molar-refractivity contribution is 5.69. The Bertz CT molecular complexity index is 578. The molecule has 4 heteroatoms. The second kappa shape index (κ2) is 8.33. The summed E-state index contributed by atoms with van der Waals surface area (Å²) in [6.07, 6.45) is 0.463. The molecular weight excluding hydrogens is 312 g/mol. The van der Waals surface area contributed by atoms with Crippen LogP contribution in [-0.4, -0.2) is 54.6 Å². The number of benzene rings is 1. The number of hydrogen-bond donors (Lipinski definition) is 0. The number of carbonyl (C=O) groups is 1. The molecule has 1 heterocycles. The molecule has 0 amide bonds. The van der Waals surface area contributed by atoms with Crippen LogP contribution < -0.4 is 0 Å². The molecule has 0 aromatic heterocycles. The van der Waals surface area contributed by atoms with Crippen molar-refractivity contribution in [1.29, 1.82) is 0 Å². The molecule has 4 nitrogen and oxygen atoms in total. The molecule has 1 saturated heterocycles. The van der Waals surface area contributed by atoms with Gasteiger partial charge in [-0.2, -0.15) is 0 Å². The number of nitrogens with zero attached hydrogens (tertiary/aromatic N) is 2. The third kappa shape index (κ3) is 5.05. The van der Waals surface area contributed by atoms with Gasteiger partial charge in [-0.3, -0.25) is 14.6 Å². The van der Waals surface area contributed by atoms with Crippen LogP contribution in [0.3, 0.4) is 0 Å². The Morgan fingerprint density at radius 1 is 1.24 bits per heavy atom. The SMILES string of the molecule is COC(=O)CCN1CCN(C(C)(C)C)C(c2ccccc2C(C)C)C1. The van der Waals surface area contributed by atoms with E-state index in [0.29, 0.717) is 18.4 Å². The molecule has 1 unspecified atom stereocenters. The van der Waals surface area contributed by atoms with Crippen molar-refractivity contribution in [3.8, 4) is 0 Å². The van der Waals surface area contributed by atoms with Crippen molar-refractivity contribution in [3.63, 3.8) is 0 Å². The van der Waals surface area contributed by atoms with Gasteiger partial charge in [-0.25, -0.2) is 0 Å². The maximum absolute atomic E-state index is 11.5. The Labute approximate surface area is 153 Å². The quantitative estimate of drug-likeness (QED) is 0.759. The summed E-state index contributed by atoms with van der Waals surface area (Å²) in [6, 6.07) is 9.18. The number of ether oxygens (including phenoxy) is 1. The van der Waals surface area contributed by atoms with Crippen LogP contribution in [0.25, 0.3) is 0 Å². The van der Waals surface area contributed by atoms with Crippen molar-refractivity contribution in [2.24, 2.45) is 0 Å². The molecule has 1 aromatic rings. The predicted octanol–water partition coefficient (Wildman–Crippen LogP) is 3.83. The van der Waals surface area contributed by atoms with Crippen LogP contribution in [0.1, 0.15) is 64.1 Å². The second-order valence-electron chi connectivity index (χ2n) is 8.29. The summed E-state index contributed by atoms with van der Waals surface area (Å²) in [5, 5.41) is 0. The number of piperazine rings is 1. The molecule has 1 fully saturated rings. The van der Waals surface area contributed by atoms with Gasteiger partial charge in [0.2, 0.25) is 0 Å². The highest BCUT2D eigenvalue weighted by atomic mass is 16.5. The van der Waals surface area contributed by atoms with Crippen LogP contribution in [-0.2, 0) is 9.53 Å².